The molecule has 1 aliphatic rings. The second-order valence-corrected chi connectivity index (χ2v) is 6.96. The van der Waals surface area contributed by atoms with Crippen LogP contribution < -0.4 is 5.73 Å². The van der Waals surface area contributed by atoms with E-state index in [-0.39, 0.29) is 18.1 Å². The predicted octanol–water partition coefficient (Wildman–Crippen LogP) is 4.41. The molecule has 0 atom stereocenters. The van der Waals surface area contributed by atoms with Crippen molar-refractivity contribution in [3.8, 4) is 22.4 Å². The summed E-state index contributed by atoms with van der Waals surface area (Å²) in [7, 11) is 0. The van der Waals surface area contributed by atoms with Crippen LogP contribution in [0.25, 0.3) is 33.5 Å². The maximum Gasteiger partial charge on any atom is 0.376 e. The second-order valence-electron chi connectivity index (χ2n) is 6.96. The van der Waals surface area contributed by atoms with E-state index in [1.54, 1.807) is 19.3 Å². The van der Waals surface area contributed by atoms with Gasteiger partial charge in [-0.3, -0.25) is 4.98 Å². The Bertz CT molecular complexity index is 1250. The Morgan fingerprint density at radius 3 is 2.86 bits per heavy atom. The molecule has 144 valence electrons. The van der Waals surface area contributed by atoms with Crippen molar-refractivity contribution in [1.29, 1.82) is 0 Å². The molecule has 0 radical (unpaired) electrons. The van der Waals surface area contributed by atoms with E-state index in [2.05, 4.69) is 17.1 Å². The van der Waals surface area contributed by atoms with Crippen molar-refractivity contribution >= 4 is 22.8 Å². The summed E-state index contributed by atoms with van der Waals surface area (Å²) in [6, 6.07) is 12.1. The van der Waals surface area contributed by atoms with Crippen molar-refractivity contribution in [2.45, 2.75) is 19.8 Å². The molecule has 0 saturated carbocycles. The van der Waals surface area contributed by atoms with Crippen LogP contribution in [0.3, 0.4) is 0 Å². The molecule has 2 N–H and O–H groups in total. The Hall–Kier alpha value is -3.67. The summed E-state index contributed by atoms with van der Waals surface area (Å²) in [5, 5.41) is 0.638. The highest BCUT2D eigenvalue weighted by molar-refractivity contribution is 6.10. The third kappa shape index (κ3) is 2.68. The van der Waals surface area contributed by atoms with Gasteiger partial charge >= 0.3 is 5.97 Å². The van der Waals surface area contributed by atoms with Crippen LogP contribution in [0.1, 0.15) is 28.6 Å². The Morgan fingerprint density at radius 1 is 1.21 bits per heavy atom. The number of aryl methyl sites for hydroxylation is 1. The monoisotopic (exact) mass is 385 g/mol. The molecule has 0 spiro atoms. The number of benzene rings is 1. The number of nitrogens with two attached hydrogens (primary N) is 1. The number of nitrogen functional groups attached to an aromatic ring is 1. The molecule has 3 aromatic heterocycles. The number of hydrogen-bond acceptors (Lipinski definition) is 6. The molecule has 1 aromatic carbocycles. The van der Waals surface area contributed by atoms with Gasteiger partial charge in [0.2, 0.25) is 11.5 Å². The third-order valence-electron chi connectivity index (χ3n) is 5.31. The highest BCUT2D eigenvalue weighted by Crippen LogP contribution is 2.44. The van der Waals surface area contributed by atoms with Gasteiger partial charge in [0.1, 0.15) is 0 Å². The maximum absolute atomic E-state index is 12.4. The normalized spacial score (nSPS) is 12.4. The number of anilines is 1. The maximum atomic E-state index is 12.4. The quantitative estimate of drug-likeness (QED) is 0.525. The second kappa shape index (κ2) is 6.74. The van der Waals surface area contributed by atoms with E-state index < -0.39 is 5.97 Å². The number of aromatic nitrogens is 2. The highest BCUT2D eigenvalue weighted by atomic mass is 16.5. The number of ether oxygens (including phenoxy) is 1. The van der Waals surface area contributed by atoms with Crippen LogP contribution in [-0.4, -0.2) is 22.5 Å². The van der Waals surface area contributed by atoms with Crippen LogP contribution in [-0.2, 0) is 17.6 Å². The number of carbonyl (C=O) groups excluding carboxylic acids is 1. The first-order valence-electron chi connectivity index (χ1n) is 9.59. The minimum Gasteiger partial charge on any atom is -0.460 e. The minimum atomic E-state index is -0.585. The molecule has 0 aliphatic heterocycles. The summed E-state index contributed by atoms with van der Waals surface area (Å²) in [5.41, 5.74) is 13.1. The summed E-state index contributed by atoms with van der Waals surface area (Å²) in [6.07, 6.45) is 5.25. The predicted molar refractivity (Wildman–Crippen MR) is 110 cm³/mol. The smallest absolute Gasteiger partial charge is 0.376 e. The summed E-state index contributed by atoms with van der Waals surface area (Å²) in [4.78, 5) is 21.4. The fourth-order valence-corrected chi connectivity index (χ4v) is 4.06. The first kappa shape index (κ1) is 17.4. The standard InChI is InChI=1S/C23H19N3O3/c1-2-28-23(27)21-19(24)18-17(14-7-5-11-25-12-14)16-10-9-13-6-3-4-8-15(13)20(16)26-22(18)29-21/h3-8,11-12H,2,9-10,24H2,1H3. The fourth-order valence-electron chi connectivity index (χ4n) is 4.06. The molecule has 4 aromatic rings. The van der Waals surface area contributed by atoms with Gasteiger partial charge in [-0.25, -0.2) is 9.78 Å². The first-order valence-corrected chi connectivity index (χ1v) is 9.59. The number of fused-ring (bicyclic) bond motifs is 4. The average molecular weight is 385 g/mol. The van der Waals surface area contributed by atoms with Gasteiger partial charge in [0.05, 0.1) is 23.4 Å². The van der Waals surface area contributed by atoms with Crippen molar-refractivity contribution in [3.63, 3.8) is 0 Å². The van der Waals surface area contributed by atoms with Crippen molar-refractivity contribution in [2.24, 2.45) is 0 Å². The topological polar surface area (TPSA) is 91.2 Å². The lowest BCUT2D eigenvalue weighted by molar-refractivity contribution is 0.0494. The summed E-state index contributed by atoms with van der Waals surface area (Å²) in [5.74, 6) is -0.589. The van der Waals surface area contributed by atoms with Gasteiger partial charge in [0.15, 0.2) is 0 Å². The molecule has 3 heterocycles. The van der Waals surface area contributed by atoms with E-state index in [1.165, 1.54) is 5.56 Å². The summed E-state index contributed by atoms with van der Waals surface area (Å²) >= 11 is 0. The molecule has 0 unspecified atom stereocenters. The van der Waals surface area contributed by atoms with Crippen LogP contribution in [0.2, 0.25) is 0 Å². The number of hydrogen-bond donors (Lipinski definition) is 1. The van der Waals surface area contributed by atoms with E-state index >= 15 is 0 Å². The number of nitrogens with zero attached hydrogens (tertiary/aromatic N) is 2. The number of pyridine rings is 2. The number of rotatable bonds is 3. The van der Waals surface area contributed by atoms with Crippen LogP contribution in [0, 0.1) is 0 Å². The Kier molecular flexibility index (Phi) is 4.05. The molecule has 6 heteroatoms. The van der Waals surface area contributed by atoms with Gasteiger partial charge in [-0.1, -0.05) is 30.3 Å². The van der Waals surface area contributed by atoms with Gasteiger partial charge < -0.3 is 14.9 Å². The first-order chi connectivity index (χ1) is 14.2. The molecule has 1 aliphatic carbocycles. The van der Waals surface area contributed by atoms with Crippen LogP contribution in [0.4, 0.5) is 5.69 Å². The lowest BCUT2D eigenvalue weighted by atomic mass is 9.84. The van der Waals surface area contributed by atoms with Crippen LogP contribution in [0.15, 0.2) is 53.2 Å². The molecular weight excluding hydrogens is 366 g/mol. The lowest BCUT2D eigenvalue weighted by Gasteiger charge is -2.22. The summed E-state index contributed by atoms with van der Waals surface area (Å²) < 4.78 is 10.9. The van der Waals surface area contributed by atoms with Crippen LogP contribution >= 0.6 is 0 Å². The summed E-state index contributed by atoms with van der Waals surface area (Å²) in [6.45, 7) is 1.98. The zero-order valence-electron chi connectivity index (χ0n) is 15.9. The average Bonchev–Trinajstić information content (AvgIpc) is 3.09. The largest absolute Gasteiger partial charge is 0.460 e. The van der Waals surface area contributed by atoms with Gasteiger partial charge in [-0.15, -0.1) is 0 Å². The third-order valence-corrected chi connectivity index (χ3v) is 5.31. The van der Waals surface area contributed by atoms with E-state index in [0.717, 1.165) is 40.8 Å². The van der Waals surface area contributed by atoms with E-state index in [1.807, 2.05) is 24.3 Å². The zero-order valence-corrected chi connectivity index (χ0v) is 15.9. The molecule has 5 rings (SSSR count). The molecule has 0 fully saturated rings. The Balaban J connectivity index is 1.87. The zero-order chi connectivity index (χ0) is 20.0. The molecular formula is C23H19N3O3. The molecule has 0 saturated heterocycles. The van der Waals surface area contributed by atoms with Gasteiger partial charge in [-0.05, 0) is 37.0 Å². The van der Waals surface area contributed by atoms with E-state index in [4.69, 9.17) is 19.9 Å². The van der Waals surface area contributed by atoms with Crippen molar-refractivity contribution in [2.75, 3.05) is 12.3 Å². The number of esters is 1. The molecule has 6 nitrogen and oxygen atoms in total. The molecule has 29 heavy (non-hydrogen) atoms. The van der Waals surface area contributed by atoms with Crippen molar-refractivity contribution < 1.29 is 13.9 Å². The Labute approximate surface area is 167 Å². The minimum absolute atomic E-state index is 0.00452. The highest BCUT2D eigenvalue weighted by Gasteiger charge is 2.29. The van der Waals surface area contributed by atoms with Gasteiger partial charge in [-0.2, -0.15) is 0 Å². The van der Waals surface area contributed by atoms with Crippen molar-refractivity contribution in [3.05, 3.63) is 65.7 Å². The van der Waals surface area contributed by atoms with Gasteiger partial charge in [0, 0.05) is 29.1 Å². The van der Waals surface area contributed by atoms with Crippen molar-refractivity contribution in [1.82, 2.24) is 9.97 Å². The number of carbonyl (C=O) groups is 1. The number of furan rings is 1. The van der Waals surface area contributed by atoms with E-state index in [9.17, 15) is 4.79 Å². The lowest BCUT2D eigenvalue weighted by Crippen LogP contribution is -2.08. The van der Waals surface area contributed by atoms with E-state index in [0.29, 0.717) is 11.1 Å². The van der Waals surface area contributed by atoms with Crippen LogP contribution in [0.5, 0.6) is 0 Å². The molecule has 0 bridgehead atoms. The molecule has 0 amide bonds. The SMILES string of the molecule is CCOC(=O)c1oc2nc3c(c(-c4cccnc4)c2c1N)CCc1ccccc1-3. The fraction of sp³-hybridized carbons (Fsp3) is 0.174. The van der Waals surface area contributed by atoms with Gasteiger partial charge in [0.25, 0.3) is 0 Å². The Morgan fingerprint density at radius 2 is 2.07 bits per heavy atom.